The lowest BCUT2D eigenvalue weighted by Gasteiger charge is -2.15. The summed E-state index contributed by atoms with van der Waals surface area (Å²) in [7, 11) is 1.57. The van der Waals surface area contributed by atoms with Crippen molar-refractivity contribution in [2.45, 2.75) is 26.8 Å². The summed E-state index contributed by atoms with van der Waals surface area (Å²) in [6.45, 7) is 5.44. The summed E-state index contributed by atoms with van der Waals surface area (Å²) in [6, 6.07) is 3.27. The van der Waals surface area contributed by atoms with Crippen LogP contribution in [0.5, 0.6) is 5.75 Å². The minimum absolute atomic E-state index is 0.0916. The Balaban J connectivity index is 2.86. The number of hydrogen-bond donors (Lipinski definition) is 2. The van der Waals surface area contributed by atoms with Crippen LogP contribution >= 0.6 is 0 Å². The lowest BCUT2D eigenvalue weighted by Crippen LogP contribution is -2.35. The molecule has 0 saturated heterocycles. The van der Waals surface area contributed by atoms with E-state index in [1.165, 1.54) is 0 Å². The third kappa shape index (κ3) is 5.07. The maximum atomic E-state index is 12.1. The summed E-state index contributed by atoms with van der Waals surface area (Å²) in [6.07, 6.45) is 0. The second-order valence-corrected chi connectivity index (χ2v) is 4.95. The normalized spacial score (nSPS) is 11.8. The van der Waals surface area contributed by atoms with Gasteiger partial charge in [0.05, 0.1) is 6.61 Å². The highest BCUT2D eigenvalue weighted by atomic mass is 16.5. The first-order valence-electron chi connectivity index (χ1n) is 6.60. The molecule has 116 valence electrons. The molecule has 1 aromatic rings. The molecule has 6 nitrogen and oxygen atoms in total. The molecule has 0 aliphatic rings. The van der Waals surface area contributed by atoms with Crippen LogP contribution in [0.2, 0.25) is 0 Å². The number of rotatable bonds is 7. The van der Waals surface area contributed by atoms with Gasteiger partial charge >= 0.3 is 5.97 Å². The molecule has 21 heavy (non-hydrogen) atoms. The van der Waals surface area contributed by atoms with Crippen molar-refractivity contribution in [1.29, 1.82) is 0 Å². The van der Waals surface area contributed by atoms with E-state index in [4.69, 9.17) is 14.6 Å². The SMILES string of the molecule is COC[C@@H](C)NC(=O)c1cc(C)c(OCC(=O)O)c(C)c1. The highest BCUT2D eigenvalue weighted by Gasteiger charge is 2.14. The number of aliphatic carboxylic acids is 1. The van der Waals surface area contributed by atoms with Crippen molar-refractivity contribution in [1.82, 2.24) is 5.32 Å². The minimum Gasteiger partial charge on any atom is -0.481 e. The van der Waals surface area contributed by atoms with Crippen molar-refractivity contribution in [2.75, 3.05) is 20.3 Å². The molecule has 1 amide bonds. The largest absolute Gasteiger partial charge is 0.481 e. The molecule has 1 atom stereocenters. The molecule has 2 N–H and O–H groups in total. The number of amides is 1. The maximum absolute atomic E-state index is 12.1. The van der Waals surface area contributed by atoms with Gasteiger partial charge in [0.15, 0.2) is 6.61 Å². The molecule has 0 fully saturated rings. The number of carbonyl (C=O) groups is 2. The first kappa shape index (κ1) is 17.0. The van der Waals surface area contributed by atoms with Gasteiger partial charge in [-0.05, 0) is 44.0 Å². The van der Waals surface area contributed by atoms with Gasteiger partial charge in [0.1, 0.15) is 5.75 Å². The van der Waals surface area contributed by atoms with Crippen LogP contribution in [-0.2, 0) is 9.53 Å². The lowest BCUT2D eigenvalue weighted by molar-refractivity contribution is -0.139. The second kappa shape index (κ2) is 7.64. The number of carboxylic acid groups (broad SMARTS) is 1. The third-order valence-electron chi connectivity index (χ3n) is 2.86. The highest BCUT2D eigenvalue weighted by Crippen LogP contribution is 2.24. The number of nitrogens with one attached hydrogen (secondary N) is 1. The van der Waals surface area contributed by atoms with Crippen molar-refractivity contribution in [3.63, 3.8) is 0 Å². The van der Waals surface area contributed by atoms with Crippen LogP contribution in [0.4, 0.5) is 0 Å². The van der Waals surface area contributed by atoms with Crippen LogP contribution < -0.4 is 10.1 Å². The molecule has 0 spiro atoms. The number of carboxylic acids is 1. The van der Waals surface area contributed by atoms with Gasteiger partial charge in [0, 0.05) is 18.7 Å². The molecule has 0 heterocycles. The fourth-order valence-electron chi connectivity index (χ4n) is 2.04. The number of ether oxygens (including phenoxy) is 2. The van der Waals surface area contributed by atoms with Gasteiger partial charge in [-0.2, -0.15) is 0 Å². The number of carbonyl (C=O) groups excluding carboxylic acids is 1. The van der Waals surface area contributed by atoms with Gasteiger partial charge in [-0.25, -0.2) is 4.79 Å². The van der Waals surface area contributed by atoms with Crippen LogP contribution in [0.1, 0.15) is 28.4 Å². The maximum Gasteiger partial charge on any atom is 0.341 e. The standard InChI is InChI=1S/C15H21NO5/c1-9-5-12(15(19)16-11(3)7-20-4)6-10(2)14(9)21-8-13(17)18/h5-6,11H,7-8H2,1-4H3,(H,16,19)(H,17,18)/t11-/m1/s1. The second-order valence-electron chi connectivity index (χ2n) is 4.95. The summed E-state index contributed by atoms with van der Waals surface area (Å²) in [5.41, 5.74) is 1.96. The summed E-state index contributed by atoms with van der Waals surface area (Å²) >= 11 is 0. The number of hydrogen-bond acceptors (Lipinski definition) is 4. The quantitative estimate of drug-likeness (QED) is 0.797. The smallest absolute Gasteiger partial charge is 0.341 e. The zero-order valence-electron chi connectivity index (χ0n) is 12.7. The summed E-state index contributed by atoms with van der Waals surface area (Å²) < 4.78 is 10.2. The van der Waals surface area contributed by atoms with Crippen molar-refractivity contribution in [3.05, 3.63) is 28.8 Å². The zero-order chi connectivity index (χ0) is 16.0. The van der Waals surface area contributed by atoms with Crippen LogP contribution in [0.3, 0.4) is 0 Å². The first-order valence-corrected chi connectivity index (χ1v) is 6.60. The van der Waals surface area contributed by atoms with E-state index in [9.17, 15) is 9.59 Å². The van der Waals surface area contributed by atoms with Crippen molar-refractivity contribution in [3.8, 4) is 5.75 Å². The van der Waals surface area contributed by atoms with Crippen LogP contribution in [-0.4, -0.2) is 43.3 Å². The molecule has 0 aliphatic heterocycles. The molecular formula is C15H21NO5. The molecule has 6 heteroatoms. The molecule has 0 aromatic heterocycles. The Morgan fingerprint density at radius 2 is 1.86 bits per heavy atom. The Morgan fingerprint density at radius 3 is 2.33 bits per heavy atom. The fraction of sp³-hybridized carbons (Fsp3) is 0.467. The van der Waals surface area contributed by atoms with Crippen molar-refractivity contribution in [2.24, 2.45) is 0 Å². The highest BCUT2D eigenvalue weighted by molar-refractivity contribution is 5.95. The lowest BCUT2D eigenvalue weighted by atomic mass is 10.0. The fourth-order valence-corrected chi connectivity index (χ4v) is 2.04. The van der Waals surface area contributed by atoms with E-state index in [2.05, 4.69) is 5.32 Å². The van der Waals surface area contributed by atoms with E-state index in [0.717, 1.165) is 11.1 Å². The Morgan fingerprint density at radius 1 is 1.29 bits per heavy atom. The van der Waals surface area contributed by atoms with Crippen LogP contribution in [0, 0.1) is 13.8 Å². The Labute approximate surface area is 124 Å². The Bertz CT molecular complexity index is 504. The van der Waals surface area contributed by atoms with Gasteiger partial charge in [-0.15, -0.1) is 0 Å². The first-order chi connectivity index (χ1) is 9.85. The van der Waals surface area contributed by atoms with E-state index in [-0.39, 0.29) is 11.9 Å². The number of benzene rings is 1. The topological polar surface area (TPSA) is 84.9 Å². The van der Waals surface area contributed by atoms with E-state index in [1.54, 1.807) is 33.1 Å². The van der Waals surface area contributed by atoms with Crippen molar-refractivity contribution < 1.29 is 24.2 Å². The van der Waals surface area contributed by atoms with Crippen LogP contribution in [0.25, 0.3) is 0 Å². The average Bonchev–Trinajstić information content (AvgIpc) is 2.37. The van der Waals surface area contributed by atoms with E-state index in [1.807, 2.05) is 6.92 Å². The van der Waals surface area contributed by atoms with Gasteiger partial charge in [-0.1, -0.05) is 0 Å². The monoisotopic (exact) mass is 295 g/mol. The zero-order valence-corrected chi connectivity index (χ0v) is 12.7. The molecule has 0 unspecified atom stereocenters. The predicted molar refractivity (Wildman–Crippen MR) is 77.9 cm³/mol. The summed E-state index contributed by atoms with van der Waals surface area (Å²) in [5, 5.41) is 11.5. The average molecular weight is 295 g/mol. The molecule has 0 aliphatic carbocycles. The molecule has 0 saturated carbocycles. The molecule has 0 radical (unpaired) electrons. The van der Waals surface area contributed by atoms with Gasteiger partial charge in [0.25, 0.3) is 5.91 Å². The van der Waals surface area contributed by atoms with E-state index in [0.29, 0.717) is 17.9 Å². The van der Waals surface area contributed by atoms with Gasteiger partial charge in [-0.3, -0.25) is 4.79 Å². The molecule has 1 aromatic carbocycles. The van der Waals surface area contributed by atoms with E-state index >= 15 is 0 Å². The Kier molecular flexibility index (Phi) is 6.17. The van der Waals surface area contributed by atoms with Gasteiger partial charge in [0.2, 0.25) is 0 Å². The third-order valence-corrected chi connectivity index (χ3v) is 2.86. The predicted octanol–water partition coefficient (Wildman–Crippen LogP) is 1.53. The molecular weight excluding hydrogens is 274 g/mol. The van der Waals surface area contributed by atoms with E-state index < -0.39 is 12.6 Å². The molecule has 0 bridgehead atoms. The summed E-state index contributed by atoms with van der Waals surface area (Å²) in [4.78, 5) is 22.7. The number of methoxy groups -OCH3 is 1. The summed E-state index contributed by atoms with van der Waals surface area (Å²) in [5.74, 6) is -0.738. The van der Waals surface area contributed by atoms with Crippen molar-refractivity contribution >= 4 is 11.9 Å². The Hall–Kier alpha value is -2.08. The molecule has 1 rings (SSSR count). The van der Waals surface area contributed by atoms with Gasteiger partial charge < -0.3 is 19.9 Å². The number of aryl methyl sites for hydroxylation is 2. The van der Waals surface area contributed by atoms with Crippen LogP contribution in [0.15, 0.2) is 12.1 Å². The minimum atomic E-state index is -1.04.